The van der Waals surface area contributed by atoms with Crippen LogP contribution in [0.25, 0.3) is 0 Å². The van der Waals surface area contributed by atoms with E-state index in [1.54, 1.807) is 0 Å². The smallest absolute Gasteiger partial charge is 0.427 e. The number of hydrogen-bond acceptors (Lipinski definition) is 4. The summed E-state index contributed by atoms with van der Waals surface area (Å²) in [7, 11) is 0. The van der Waals surface area contributed by atoms with E-state index in [1.807, 2.05) is 37.3 Å². The van der Waals surface area contributed by atoms with Crippen molar-refractivity contribution in [2.75, 3.05) is 6.61 Å². The molecule has 1 saturated heterocycles. The van der Waals surface area contributed by atoms with Crippen LogP contribution in [-0.4, -0.2) is 25.0 Å². The molecule has 98 valence electrons. The summed E-state index contributed by atoms with van der Waals surface area (Å²) in [6.07, 6.45) is 0.808. The highest BCUT2D eigenvalue weighted by molar-refractivity contribution is 5.62. The predicted molar refractivity (Wildman–Crippen MR) is 66.1 cm³/mol. The van der Waals surface area contributed by atoms with E-state index < -0.39 is 6.16 Å². The zero-order valence-electron chi connectivity index (χ0n) is 10.5. The van der Waals surface area contributed by atoms with Crippen LogP contribution in [-0.2, 0) is 20.8 Å². The predicted octanol–water partition coefficient (Wildman–Crippen LogP) is 2.91. The second-order valence-corrected chi connectivity index (χ2v) is 4.41. The highest BCUT2D eigenvalue weighted by Crippen LogP contribution is 2.18. The van der Waals surface area contributed by atoms with E-state index in [0.29, 0.717) is 13.2 Å². The molecule has 0 unspecified atom stereocenters. The number of cyclic esters (lactones) is 2. The highest BCUT2D eigenvalue weighted by atomic mass is 16.8. The Morgan fingerprint density at radius 2 is 2.00 bits per heavy atom. The first-order valence-corrected chi connectivity index (χ1v) is 6.24. The third kappa shape index (κ3) is 3.74. The molecule has 0 aliphatic carbocycles. The summed E-state index contributed by atoms with van der Waals surface area (Å²) in [6, 6.07) is 10.0. The molecule has 4 heteroatoms. The van der Waals surface area contributed by atoms with Gasteiger partial charge in [-0.25, -0.2) is 4.79 Å². The minimum absolute atomic E-state index is 0.127. The van der Waals surface area contributed by atoms with Gasteiger partial charge in [-0.3, -0.25) is 0 Å². The van der Waals surface area contributed by atoms with Crippen molar-refractivity contribution in [3.05, 3.63) is 35.9 Å². The van der Waals surface area contributed by atoms with Crippen molar-refractivity contribution in [1.29, 1.82) is 0 Å². The lowest BCUT2D eigenvalue weighted by Gasteiger charge is -2.10. The van der Waals surface area contributed by atoms with Crippen LogP contribution in [0.1, 0.15) is 25.3 Å². The molecule has 1 aliphatic rings. The van der Waals surface area contributed by atoms with Crippen LogP contribution in [0.3, 0.4) is 0 Å². The van der Waals surface area contributed by atoms with E-state index in [0.717, 1.165) is 12.8 Å². The van der Waals surface area contributed by atoms with E-state index in [1.165, 1.54) is 5.56 Å². The third-order valence-corrected chi connectivity index (χ3v) is 2.94. The summed E-state index contributed by atoms with van der Waals surface area (Å²) in [5.41, 5.74) is 1.17. The minimum atomic E-state index is -0.558. The molecule has 0 aromatic heterocycles. The molecule has 1 heterocycles. The Kier molecular flexibility index (Phi) is 4.59. The zero-order chi connectivity index (χ0) is 12.8. The van der Waals surface area contributed by atoms with Gasteiger partial charge in [0.15, 0.2) is 0 Å². The monoisotopic (exact) mass is 250 g/mol. The van der Waals surface area contributed by atoms with Crippen molar-refractivity contribution < 1.29 is 19.0 Å². The molecule has 2 atom stereocenters. The Labute approximate surface area is 107 Å². The average molecular weight is 250 g/mol. The zero-order valence-corrected chi connectivity index (χ0v) is 10.5. The summed E-state index contributed by atoms with van der Waals surface area (Å²) in [5, 5.41) is 0. The number of hydrogen-bond donors (Lipinski definition) is 0. The maximum absolute atomic E-state index is 10.9. The highest BCUT2D eigenvalue weighted by Gasteiger charge is 2.32. The Balaban J connectivity index is 1.58. The third-order valence-electron chi connectivity index (χ3n) is 2.94. The van der Waals surface area contributed by atoms with Crippen LogP contribution >= 0.6 is 0 Å². The van der Waals surface area contributed by atoms with Gasteiger partial charge in [-0.2, -0.15) is 0 Å². The largest absolute Gasteiger partial charge is 0.509 e. The lowest BCUT2D eigenvalue weighted by molar-refractivity contribution is 0.0925. The van der Waals surface area contributed by atoms with Crippen molar-refractivity contribution >= 4 is 6.16 Å². The lowest BCUT2D eigenvalue weighted by atomic mass is 10.1. The molecule has 2 rings (SSSR count). The van der Waals surface area contributed by atoms with E-state index in [-0.39, 0.29) is 12.2 Å². The quantitative estimate of drug-likeness (QED) is 0.575. The Hall–Kier alpha value is -1.55. The molecule has 1 aromatic rings. The summed E-state index contributed by atoms with van der Waals surface area (Å²) >= 11 is 0. The molecular formula is C14H18O4. The Bertz CT molecular complexity index is 377. The summed E-state index contributed by atoms with van der Waals surface area (Å²) in [6.45, 7) is 3.13. The molecule has 1 aliphatic heterocycles. The molecule has 0 saturated carbocycles. The lowest BCUT2D eigenvalue weighted by Crippen LogP contribution is -2.19. The second-order valence-electron chi connectivity index (χ2n) is 4.41. The van der Waals surface area contributed by atoms with E-state index in [9.17, 15) is 4.79 Å². The molecule has 0 spiro atoms. The molecule has 1 fully saturated rings. The summed E-state index contributed by atoms with van der Waals surface area (Å²) in [5.74, 6) is 0. The molecule has 0 amide bonds. The van der Waals surface area contributed by atoms with E-state index >= 15 is 0 Å². The first kappa shape index (κ1) is 12.9. The fourth-order valence-electron chi connectivity index (χ4n) is 1.92. The van der Waals surface area contributed by atoms with Gasteiger partial charge in [0.2, 0.25) is 0 Å². The van der Waals surface area contributed by atoms with Crippen LogP contribution in [0.4, 0.5) is 4.79 Å². The van der Waals surface area contributed by atoms with Gasteiger partial charge in [-0.1, -0.05) is 30.3 Å². The van der Waals surface area contributed by atoms with Gasteiger partial charge in [0.05, 0.1) is 6.61 Å². The number of ether oxygens (including phenoxy) is 3. The SMILES string of the molecule is C[C@H]1OC(=O)O[C@@H]1CCCOCc1ccccc1. The van der Waals surface area contributed by atoms with E-state index in [4.69, 9.17) is 14.2 Å². The van der Waals surface area contributed by atoms with Crippen LogP contribution in [0.5, 0.6) is 0 Å². The molecule has 4 nitrogen and oxygen atoms in total. The Morgan fingerprint density at radius 1 is 1.22 bits per heavy atom. The van der Waals surface area contributed by atoms with Crippen LogP contribution in [0.15, 0.2) is 30.3 Å². The first-order chi connectivity index (χ1) is 8.75. The number of benzene rings is 1. The van der Waals surface area contributed by atoms with Crippen LogP contribution < -0.4 is 0 Å². The van der Waals surface area contributed by atoms with Crippen molar-refractivity contribution in [3.63, 3.8) is 0 Å². The number of rotatable bonds is 6. The summed E-state index contributed by atoms with van der Waals surface area (Å²) < 4.78 is 15.5. The van der Waals surface area contributed by atoms with Crippen LogP contribution in [0, 0.1) is 0 Å². The fraction of sp³-hybridized carbons (Fsp3) is 0.500. The topological polar surface area (TPSA) is 44.8 Å². The molecule has 18 heavy (non-hydrogen) atoms. The molecule has 0 bridgehead atoms. The maximum atomic E-state index is 10.9. The standard InChI is InChI=1S/C14H18O4/c1-11-13(18-14(15)17-11)8-5-9-16-10-12-6-3-2-4-7-12/h2-4,6-7,11,13H,5,8-10H2,1H3/t11-,13-/m1/s1. The molecule has 1 aromatic carbocycles. The van der Waals surface area contributed by atoms with Gasteiger partial charge in [-0.05, 0) is 25.3 Å². The van der Waals surface area contributed by atoms with Crippen molar-refractivity contribution in [2.45, 2.75) is 38.6 Å². The number of carbonyl (C=O) groups excluding carboxylic acids is 1. The second kappa shape index (κ2) is 6.40. The average Bonchev–Trinajstić information content (AvgIpc) is 2.69. The van der Waals surface area contributed by atoms with Gasteiger partial charge in [-0.15, -0.1) is 0 Å². The minimum Gasteiger partial charge on any atom is -0.427 e. The molecule has 0 radical (unpaired) electrons. The fourth-order valence-corrected chi connectivity index (χ4v) is 1.92. The van der Waals surface area contributed by atoms with Gasteiger partial charge < -0.3 is 14.2 Å². The van der Waals surface area contributed by atoms with Gasteiger partial charge in [0.1, 0.15) is 12.2 Å². The van der Waals surface area contributed by atoms with Crippen LogP contribution in [0.2, 0.25) is 0 Å². The van der Waals surface area contributed by atoms with Crippen molar-refractivity contribution in [1.82, 2.24) is 0 Å². The van der Waals surface area contributed by atoms with E-state index in [2.05, 4.69) is 0 Å². The van der Waals surface area contributed by atoms with Gasteiger partial charge in [0, 0.05) is 6.61 Å². The van der Waals surface area contributed by atoms with Gasteiger partial charge in [0.25, 0.3) is 0 Å². The molecular weight excluding hydrogens is 232 g/mol. The van der Waals surface area contributed by atoms with Gasteiger partial charge >= 0.3 is 6.16 Å². The van der Waals surface area contributed by atoms with Crippen molar-refractivity contribution in [3.8, 4) is 0 Å². The summed E-state index contributed by atoms with van der Waals surface area (Å²) in [4.78, 5) is 10.9. The Morgan fingerprint density at radius 3 is 2.67 bits per heavy atom. The van der Waals surface area contributed by atoms with Crippen molar-refractivity contribution in [2.24, 2.45) is 0 Å². The first-order valence-electron chi connectivity index (χ1n) is 6.24. The number of carbonyl (C=O) groups is 1. The molecule has 0 N–H and O–H groups in total. The normalized spacial score (nSPS) is 22.6. The maximum Gasteiger partial charge on any atom is 0.509 e.